The summed E-state index contributed by atoms with van der Waals surface area (Å²) < 4.78 is 5.40. The first-order valence-electron chi connectivity index (χ1n) is 6.98. The smallest absolute Gasteiger partial charge is 0.266 e. The third-order valence-corrected chi connectivity index (χ3v) is 3.51. The van der Waals surface area contributed by atoms with Crippen LogP contribution in [0.3, 0.4) is 0 Å². The number of carbonyl (C=O) groups excluding carboxylic acids is 1. The molecule has 1 aromatic heterocycles. The van der Waals surface area contributed by atoms with Crippen molar-refractivity contribution in [3.8, 4) is 6.07 Å². The molecule has 2 aromatic rings. The average Bonchev–Trinajstić information content (AvgIpc) is 2.78. The number of carbonyl (C=O) groups is 1. The number of hydrogen-bond acceptors (Lipinski definition) is 3. The first kappa shape index (κ1) is 15.6. The van der Waals surface area contributed by atoms with Crippen LogP contribution < -0.4 is 5.32 Å². The molecule has 112 valence electrons. The number of nitriles is 1. The van der Waals surface area contributed by atoms with Gasteiger partial charge in [-0.25, -0.2) is 0 Å². The van der Waals surface area contributed by atoms with E-state index in [1.807, 2.05) is 45.0 Å². The van der Waals surface area contributed by atoms with Gasteiger partial charge in [0.15, 0.2) is 0 Å². The number of aryl methyl sites for hydroxylation is 4. The van der Waals surface area contributed by atoms with E-state index in [2.05, 4.69) is 5.32 Å². The average molecular weight is 294 g/mol. The molecule has 1 aromatic carbocycles. The zero-order chi connectivity index (χ0) is 16.3. The van der Waals surface area contributed by atoms with E-state index >= 15 is 0 Å². The molecule has 0 saturated carbocycles. The molecule has 0 aliphatic heterocycles. The van der Waals surface area contributed by atoms with Crippen LogP contribution in [0, 0.1) is 39.0 Å². The number of benzene rings is 1. The maximum Gasteiger partial charge on any atom is 0.266 e. The van der Waals surface area contributed by atoms with Crippen LogP contribution in [-0.4, -0.2) is 5.91 Å². The van der Waals surface area contributed by atoms with Gasteiger partial charge in [-0.3, -0.25) is 4.79 Å². The number of furan rings is 1. The van der Waals surface area contributed by atoms with Crippen LogP contribution >= 0.6 is 0 Å². The normalized spacial score (nSPS) is 11.1. The van der Waals surface area contributed by atoms with Crippen LogP contribution in [0.15, 0.2) is 34.3 Å². The van der Waals surface area contributed by atoms with E-state index in [4.69, 9.17) is 4.42 Å². The minimum atomic E-state index is -0.427. The summed E-state index contributed by atoms with van der Waals surface area (Å²) in [4.78, 5) is 12.2. The third kappa shape index (κ3) is 3.44. The quantitative estimate of drug-likeness (QED) is 0.685. The lowest BCUT2D eigenvalue weighted by Crippen LogP contribution is -2.13. The van der Waals surface area contributed by atoms with Crippen LogP contribution in [0.2, 0.25) is 0 Å². The van der Waals surface area contributed by atoms with Crippen LogP contribution in [0.5, 0.6) is 0 Å². The van der Waals surface area contributed by atoms with Gasteiger partial charge in [-0.2, -0.15) is 5.26 Å². The molecule has 0 unspecified atom stereocenters. The van der Waals surface area contributed by atoms with Crippen LogP contribution in [-0.2, 0) is 4.79 Å². The van der Waals surface area contributed by atoms with E-state index in [0.29, 0.717) is 11.4 Å². The van der Waals surface area contributed by atoms with Crippen LogP contribution in [0.4, 0.5) is 5.69 Å². The monoisotopic (exact) mass is 294 g/mol. The van der Waals surface area contributed by atoms with E-state index in [1.165, 1.54) is 0 Å². The second-order valence-corrected chi connectivity index (χ2v) is 5.29. The molecular formula is C18H18N2O2. The molecule has 0 aliphatic rings. The third-order valence-electron chi connectivity index (χ3n) is 3.51. The highest BCUT2D eigenvalue weighted by Crippen LogP contribution is 2.19. The number of nitrogens with one attached hydrogen (secondary N) is 1. The second-order valence-electron chi connectivity index (χ2n) is 5.29. The van der Waals surface area contributed by atoms with Crippen LogP contribution in [0.25, 0.3) is 6.08 Å². The molecule has 2 rings (SSSR count). The predicted molar refractivity (Wildman–Crippen MR) is 86.3 cm³/mol. The van der Waals surface area contributed by atoms with Gasteiger partial charge >= 0.3 is 0 Å². The van der Waals surface area contributed by atoms with E-state index in [1.54, 1.807) is 19.1 Å². The van der Waals surface area contributed by atoms with E-state index in [-0.39, 0.29) is 5.57 Å². The van der Waals surface area contributed by atoms with Crippen molar-refractivity contribution >= 4 is 17.7 Å². The minimum Gasteiger partial charge on any atom is -0.466 e. The van der Waals surface area contributed by atoms with Crippen LogP contribution in [0.1, 0.15) is 28.2 Å². The Balaban J connectivity index is 2.24. The van der Waals surface area contributed by atoms with Gasteiger partial charge in [-0.1, -0.05) is 6.07 Å². The maximum atomic E-state index is 12.2. The van der Waals surface area contributed by atoms with Gasteiger partial charge in [0.25, 0.3) is 5.91 Å². The summed E-state index contributed by atoms with van der Waals surface area (Å²) in [5.41, 5.74) is 3.70. The molecule has 4 heteroatoms. The molecule has 1 N–H and O–H groups in total. The Morgan fingerprint density at radius 3 is 2.45 bits per heavy atom. The van der Waals surface area contributed by atoms with Crippen molar-refractivity contribution in [2.24, 2.45) is 0 Å². The van der Waals surface area contributed by atoms with Gasteiger partial charge in [0.2, 0.25) is 0 Å². The molecule has 0 bridgehead atoms. The van der Waals surface area contributed by atoms with Gasteiger partial charge in [0.1, 0.15) is 23.2 Å². The second kappa shape index (κ2) is 6.31. The molecule has 0 radical (unpaired) electrons. The lowest BCUT2D eigenvalue weighted by Gasteiger charge is -2.07. The van der Waals surface area contributed by atoms with Crippen molar-refractivity contribution in [3.05, 3.63) is 58.0 Å². The van der Waals surface area contributed by atoms with Crippen molar-refractivity contribution in [2.45, 2.75) is 27.7 Å². The van der Waals surface area contributed by atoms with Crippen molar-refractivity contribution in [3.63, 3.8) is 0 Å². The summed E-state index contributed by atoms with van der Waals surface area (Å²) in [6, 6.07) is 9.38. The summed E-state index contributed by atoms with van der Waals surface area (Å²) >= 11 is 0. The zero-order valence-electron chi connectivity index (χ0n) is 13.2. The molecular weight excluding hydrogens is 276 g/mol. The molecule has 1 heterocycles. The SMILES string of the molecule is Cc1cc(/C=C(/C#N)C(=O)Nc2ccc(C)c(C)c2)c(C)o1. The highest BCUT2D eigenvalue weighted by molar-refractivity contribution is 6.09. The van der Waals surface area contributed by atoms with Gasteiger partial charge in [0, 0.05) is 11.3 Å². The Labute approximate surface area is 130 Å². The molecule has 0 atom stereocenters. The summed E-state index contributed by atoms with van der Waals surface area (Å²) in [5, 5.41) is 12.0. The first-order valence-corrected chi connectivity index (χ1v) is 6.98. The molecule has 22 heavy (non-hydrogen) atoms. The number of nitrogens with zero attached hydrogens (tertiary/aromatic N) is 1. The molecule has 1 amide bonds. The Morgan fingerprint density at radius 1 is 1.18 bits per heavy atom. The number of anilines is 1. The molecule has 4 nitrogen and oxygen atoms in total. The topological polar surface area (TPSA) is 66.0 Å². The molecule has 0 spiro atoms. The van der Waals surface area contributed by atoms with Gasteiger partial charge in [-0.15, -0.1) is 0 Å². The lowest BCUT2D eigenvalue weighted by atomic mass is 10.1. The fraction of sp³-hybridized carbons (Fsp3) is 0.222. The Kier molecular flexibility index (Phi) is 4.47. The largest absolute Gasteiger partial charge is 0.466 e. The van der Waals surface area contributed by atoms with E-state index in [9.17, 15) is 10.1 Å². The van der Waals surface area contributed by atoms with Gasteiger partial charge < -0.3 is 9.73 Å². The summed E-state index contributed by atoms with van der Waals surface area (Å²) in [6.45, 7) is 7.61. The van der Waals surface area contributed by atoms with Crippen molar-refractivity contribution < 1.29 is 9.21 Å². The predicted octanol–water partition coefficient (Wildman–Crippen LogP) is 4.06. The fourth-order valence-electron chi connectivity index (χ4n) is 2.12. The van der Waals surface area contributed by atoms with Gasteiger partial charge in [-0.05, 0) is 63.1 Å². The van der Waals surface area contributed by atoms with E-state index < -0.39 is 5.91 Å². The summed E-state index contributed by atoms with van der Waals surface area (Å²) in [7, 11) is 0. The minimum absolute atomic E-state index is 0.0436. The highest BCUT2D eigenvalue weighted by atomic mass is 16.3. The Bertz CT molecular complexity index is 792. The molecule has 0 saturated heterocycles. The Morgan fingerprint density at radius 2 is 1.91 bits per heavy atom. The first-order chi connectivity index (χ1) is 10.4. The number of amides is 1. The Hall–Kier alpha value is -2.80. The lowest BCUT2D eigenvalue weighted by molar-refractivity contribution is -0.112. The van der Waals surface area contributed by atoms with E-state index in [0.717, 1.165) is 22.5 Å². The zero-order valence-corrected chi connectivity index (χ0v) is 13.2. The number of rotatable bonds is 3. The maximum absolute atomic E-state index is 12.2. The molecule has 0 fully saturated rings. The summed E-state index contributed by atoms with van der Waals surface area (Å²) in [5.74, 6) is 1.00. The summed E-state index contributed by atoms with van der Waals surface area (Å²) in [6.07, 6.45) is 1.54. The van der Waals surface area contributed by atoms with Crippen molar-refractivity contribution in [1.82, 2.24) is 0 Å². The van der Waals surface area contributed by atoms with Crippen molar-refractivity contribution in [1.29, 1.82) is 5.26 Å². The molecule has 0 aliphatic carbocycles. The van der Waals surface area contributed by atoms with Gasteiger partial charge in [0.05, 0.1) is 0 Å². The fourth-order valence-corrected chi connectivity index (χ4v) is 2.12. The standard InChI is InChI=1S/C18H18N2O2/c1-11-5-6-17(7-12(11)2)20-18(21)16(10-19)9-15-8-13(3)22-14(15)4/h5-9H,1-4H3,(H,20,21)/b16-9-. The number of hydrogen-bond donors (Lipinski definition) is 1. The highest BCUT2D eigenvalue weighted by Gasteiger charge is 2.12. The van der Waals surface area contributed by atoms with Crippen molar-refractivity contribution in [2.75, 3.05) is 5.32 Å².